The predicted octanol–water partition coefficient (Wildman–Crippen LogP) is 2.81. The summed E-state index contributed by atoms with van der Waals surface area (Å²) < 4.78 is 0. The van der Waals surface area contributed by atoms with Crippen molar-refractivity contribution in [1.82, 2.24) is 15.1 Å². The van der Waals surface area contributed by atoms with Crippen molar-refractivity contribution in [2.45, 2.75) is 51.9 Å². The minimum atomic E-state index is 0.851. The number of hydrogen-bond acceptors (Lipinski definition) is 2. The van der Waals surface area contributed by atoms with Gasteiger partial charge < -0.3 is 15.1 Å². The lowest BCUT2D eigenvalue weighted by Gasteiger charge is -2.31. The van der Waals surface area contributed by atoms with E-state index >= 15 is 0 Å². The Labute approximate surface area is 137 Å². The van der Waals surface area contributed by atoms with Crippen LogP contribution < -0.4 is 5.32 Å². The van der Waals surface area contributed by atoms with Gasteiger partial charge in [-0.25, -0.2) is 0 Å². The fraction of sp³-hybridized carbons (Fsp3) is 0.944. The molecule has 1 saturated heterocycles. The summed E-state index contributed by atoms with van der Waals surface area (Å²) in [7, 11) is 4.09. The van der Waals surface area contributed by atoms with Crippen LogP contribution in [0.3, 0.4) is 0 Å². The van der Waals surface area contributed by atoms with Crippen LogP contribution in [0.1, 0.15) is 51.9 Å². The molecule has 0 bridgehead atoms. The summed E-state index contributed by atoms with van der Waals surface area (Å²) in [6, 6.07) is 0. The maximum atomic E-state index is 4.46. The van der Waals surface area contributed by atoms with Crippen LogP contribution in [0.5, 0.6) is 0 Å². The molecule has 0 atom stereocenters. The maximum Gasteiger partial charge on any atom is 0.193 e. The van der Waals surface area contributed by atoms with Crippen molar-refractivity contribution < 1.29 is 0 Å². The Morgan fingerprint density at radius 1 is 1.18 bits per heavy atom. The van der Waals surface area contributed by atoms with Crippen LogP contribution in [0.25, 0.3) is 0 Å². The predicted molar refractivity (Wildman–Crippen MR) is 95.4 cm³/mol. The Morgan fingerprint density at radius 2 is 1.86 bits per heavy atom. The van der Waals surface area contributed by atoms with Gasteiger partial charge in [-0.3, -0.25) is 4.99 Å². The van der Waals surface area contributed by atoms with Crippen molar-refractivity contribution in [3.63, 3.8) is 0 Å². The molecule has 0 aromatic carbocycles. The van der Waals surface area contributed by atoms with Gasteiger partial charge in [0.1, 0.15) is 0 Å². The summed E-state index contributed by atoms with van der Waals surface area (Å²) >= 11 is 0. The molecule has 2 fully saturated rings. The van der Waals surface area contributed by atoms with Crippen LogP contribution in [0.2, 0.25) is 0 Å². The van der Waals surface area contributed by atoms with Crippen molar-refractivity contribution in [3.8, 4) is 0 Å². The lowest BCUT2D eigenvalue weighted by atomic mass is 9.83. The maximum absolute atomic E-state index is 4.46. The normalized spacial score (nSPS) is 27.1. The standard InChI is InChI=1S/C18H36N4/c1-16-7-9-17(10-8-16)15-21(3)18(19-2)20-11-6-14-22-12-4-5-13-22/h16-17H,4-15H2,1-3H3,(H,19,20). The van der Waals surface area contributed by atoms with Crippen LogP contribution in [0.15, 0.2) is 4.99 Å². The van der Waals surface area contributed by atoms with Gasteiger partial charge in [0.2, 0.25) is 0 Å². The second kappa shape index (κ2) is 9.39. The van der Waals surface area contributed by atoms with Crippen LogP contribution in [-0.4, -0.2) is 62.6 Å². The Balaban J connectivity index is 1.62. The van der Waals surface area contributed by atoms with Crippen molar-refractivity contribution in [2.75, 3.05) is 46.8 Å². The lowest BCUT2D eigenvalue weighted by molar-refractivity contribution is 0.250. The Kier molecular flexibility index (Phi) is 7.50. The molecule has 4 heteroatoms. The largest absolute Gasteiger partial charge is 0.356 e. The van der Waals surface area contributed by atoms with E-state index in [0.717, 1.165) is 30.9 Å². The molecule has 4 nitrogen and oxygen atoms in total. The number of rotatable bonds is 6. The zero-order chi connectivity index (χ0) is 15.8. The number of aliphatic imine (C=N–C) groups is 1. The molecule has 1 heterocycles. The van der Waals surface area contributed by atoms with E-state index in [0.29, 0.717) is 0 Å². The monoisotopic (exact) mass is 308 g/mol. The summed E-state index contributed by atoms with van der Waals surface area (Å²) in [6.07, 6.45) is 9.57. The first-order chi connectivity index (χ1) is 10.7. The van der Waals surface area contributed by atoms with E-state index < -0.39 is 0 Å². The molecule has 0 aromatic rings. The Morgan fingerprint density at radius 3 is 2.50 bits per heavy atom. The van der Waals surface area contributed by atoms with E-state index in [1.165, 1.54) is 64.6 Å². The van der Waals surface area contributed by atoms with Crippen LogP contribution >= 0.6 is 0 Å². The Bertz CT molecular complexity index is 328. The molecular weight excluding hydrogens is 272 g/mol. The number of nitrogens with one attached hydrogen (secondary N) is 1. The van der Waals surface area contributed by atoms with Crippen molar-refractivity contribution >= 4 is 5.96 Å². The molecular formula is C18H36N4. The van der Waals surface area contributed by atoms with Crippen molar-refractivity contribution in [3.05, 3.63) is 0 Å². The fourth-order valence-electron chi connectivity index (χ4n) is 3.88. The molecule has 1 N–H and O–H groups in total. The van der Waals surface area contributed by atoms with E-state index in [1.54, 1.807) is 0 Å². The number of hydrogen-bond donors (Lipinski definition) is 1. The third-order valence-corrected chi connectivity index (χ3v) is 5.37. The van der Waals surface area contributed by atoms with Crippen molar-refractivity contribution in [2.24, 2.45) is 16.8 Å². The van der Waals surface area contributed by atoms with Crippen LogP contribution in [0.4, 0.5) is 0 Å². The van der Waals surface area contributed by atoms with Gasteiger partial charge in [-0.1, -0.05) is 19.8 Å². The van der Waals surface area contributed by atoms with E-state index in [1.807, 2.05) is 7.05 Å². The number of nitrogens with zero attached hydrogens (tertiary/aromatic N) is 3. The quantitative estimate of drug-likeness (QED) is 0.465. The molecule has 2 aliphatic rings. The smallest absolute Gasteiger partial charge is 0.193 e. The zero-order valence-corrected chi connectivity index (χ0v) is 15.0. The first-order valence-electron chi connectivity index (χ1n) is 9.33. The van der Waals surface area contributed by atoms with Gasteiger partial charge in [0.05, 0.1) is 0 Å². The number of likely N-dealkylation sites (tertiary alicyclic amines) is 1. The SMILES string of the molecule is CN=C(NCCCN1CCCC1)N(C)CC1CCC(C)CC1. The Hall–Kier alpha value is -0.770. The van der Waals surface area contributed by atoms with E-state index in [4.69, 9.17) is 0 Å². The highest BCUT2D eigenvalue weighted by molar-refractivity contribution is 5.79. The van der Waals surface area contributed by atoms with E-state index in [2.05, 4.69) is 34.1 Å². The third-order valence-electron chi connectivity index (χ3n) is 5.37. The fourth-order valence-corrected chi connectivity index (χ4v) is 3.88. The topological polar surface area (TPSA) is 30.9 Å². The molecule has 0 spiro atoms. The van der Waals surface area contributed by atoms with E-state index in [9.17, 15) is 0 Å². The minimum absolute atomic E-state index is 0.851. The highest BCUT2D eigenvalue weighted by atomic mass is 15.3. The van der Waals surface area contributed by atoms with E-state index in [-0.39, 0.29) is 0 Å². The molecule has 0 aromatic heterocycles. The van der Waals surface area contributed by atoms with Crippen molar-refractivity contribution in [1.29, 1.82) is 0 Å². The van der Waals surface area contributed by atoms with Crippen LogP contribution in [0, 0.1) is 11.8 Å². The highest BCUT2D eigenvalue weighted by Gasteiger charge is 2.20. The molecule has 1 aliphatic carbocycles. The summed E-state index contributed by atoms with van der Waals surface area (Å²) in [5, 5.41) is 3.54. The number of guanidine groups is 1. The summed E-state index contributed by atoms with van der Waals surface area (Å²) in [5.74, 6) is 2.86. The van der Waals surface area contributed by atoms with Gasteiger partial charge in [-0.2, -0.15) is 0 Å². The molecule has 22 heavy (non-hydrogen) atoms. The lowest BCUT2D eigenvalue weighted by Crippen LogP contribution is -2.42. The van der Waals surface area contributed by atoms with Gasteiger partial charge in [0.15, 0.2) is 5.96 Å². The molecule has 128 valence electrons. The van der Waals surface area contributed by atoms with Gasteiger partial charge >= 0.3 is 0 Å². The third kappa shape index (κ3) is 5.79. The van der Waals surface area contributed by atoms with Gasteiger partial charge in [-0.05, 0) is 63.6 Å². The average Bonchev–Trinajstić information content (AvgIpc) is 3.03. The first kappa shape index (κ1) is 17.6. The average molecular weight is 309 g/mol. The second-order valence-electron chi connectivity index (χ2n) is 7.38. The summed E-state index contributed by atoms with van der Waals surface area (Å²) in [6.45, 7) is 8.41. The molecule has 0 radical (unpaired) electrons. The van der Waals surface area contributed by atoms with Gasteiger partial charge in [0.25, 0.3) is 0 Å². The molecule has 0 amide bonds. The summed E-state index contributed by atoms with van der Waals surface area (Å²) in [5.41, 5.74) is 0. The molecule has 1 saturated carbocycles. The van der Waals surface area contributed by atoms with Gasteiger partial charge in [-0.15, -0.1) is 0 Å². The summed E-state index contributed by atoms with van der Waals surface area (Å²) in [4.78, 5) is 9.37. The second-order valence-corrected chi connectivity index (χ2v) is 7.38. The minimum Gasteiger partial charge on any atom is -0.356 e. The first-order valence-corrected chi connectivity index (χ1v) is 9.33. The molecule has 1 aliphatic heterocycles. The van der Waals surface area contributed by atoms with Crippen LogP contribution in [-0.2, 0) is 0 Å². The highest BCUT2D eigenvalue weighted by Crippen LogP contribution is 2.28. The van der Waals surface area contributed by atoms with Gasteiger partial charge in [0, 0.05) is 27.2 Å². The molecule has 0 unspecified atom stereocenters. The zero-order valence-electron chi connectivity index (χ0n) is 15.0. The molecule has 2 rings (SSSR count).